The molecule has 0 spiro atoms. The summed E-state index contributed by atoms with van der Waals surface area (Å²) < 4.78 is 0. The number of rotatable bonds is 2. The molecular weight excluding hydrogens is 158 g/mol. The highest BCUT2D eigenvalue weighted by atomic mass is 32.1. The van der Waals surface area contributed by atoms with Gasteiger partial charge in [-0.05, 0) is 17.9 Å². The van der Waals surface area contributed by atoms with Crippen LogP contribution in [0.5, 0.6) is 0 Å². The number of carbonyl (C=O) groups is 1. The minimum Gasteiger partial charge on any atom is -0.369 e. The topological polar surface area (TPSA) is 43.1 Å². The molecular formula is C8H9NOS. The lowest BCUT2D eigenvalue weighted by molar-refractivity contribution is -0.119. The predicted octanol–water partition coefficient (Wildman–Crippen LogP) is 1.34. The van der Waals surface area contributed by atoms with E-state index < -0.39 is 0 Å². The number of hydrogen-bond acceptors (Lipinski definition) is 2. The fourth-order valence-electron chi connectivity index (χ4n) is 1.33. The minimum absolute atomic E-state index is 0.119. The fourth-order valence-corrected chi connectivity index (χ4v) is 2.23. The van der Waals surface area contributed by atoms with Crippen molar-refractivity contribution < 1.29 is 4.79 Å². The van der Waals surface area contributed by atoms with Crippen LogP contribution in [0, 0.1) is 5.92 Å². The maximum atomic E-state index is 10.7. The highest BCUT2D eigenvalue weighted by Crippen LogP contribution is 2.48. The van der Waals surface area contributed by atoms with Gasteiger partial charge in [0.25, 0.3) is 0 Å². The van der Waals surface area contributed by atoms with Crippen molar-refractivity contribution in [3.63, 3.8) is 0 Å². The molecule has 1 saturated carbocycles. The van der Waals surface area contributed by atoms with Gasteiger partial charge in [-0.2, -0.15) is 0 Å². The van der Waals surface area contributed by atoms with Crippen molar-refractivity contribution in [2.45, 2.75) is 12.3 Å². The summed E-state index contributed by atoms with van der Waals surface area (Å²) in [6, 6.07) is 4.08. The second-order valence-corrected chi connectivity index (χ2v) is 3.85. The first kappa shape index (κ1) is 6.85. The third-order valence-electron chi connectivity index (χ3n) is 2.06. The Labute approximate surface area is 69.0 Å². The second kappa shape index (κ2) is 2.34. The van der Waals surface area contributed by atoms with Crippen molar-refractivity contribution >= 4 is 17.2 Å². The van der Waals surface area contributed by atoms with Crippen molar-refractivity contribution in [3.8, 4) is 0 Å². The molecule has 0 aromatic carbocycles. The zero-order valence-corrected chi connectivity index (χ0v) is 6.80. The van der Waals surface area contributed by atoms with Crippen LogP contribution in [-0.4, -0.2) is 5.91 Å². The van der Waals surface area contributed by atoms with Crippen LogP contribution in [0.15, 0.2) is 17.5 Å². The van der Waals surface area contributed by atoms with E-state index in [1.54, 1.807) is 11.3 Å². The molecule has 0 radical (unpaired) electrons. The molecule has 58 valence electrons. The van der Waals surface area contributed by atoms with Crippen molar-refractivity contribution in [1.82, 2.24) is 0 Å². The molecule has 1 aromatic heterocycles. The first-order valence-electron chi connectivity index (χ1n) is 3.62. The minimum atomic E-state index is -0.150. The molecule has 1 aliphatic carbocycles. The molecule has 2 rings (SSSR count). The van der Waals surface area contributed by atoms with E-state index in [0.29, 0.717) is 5.92 Å². The molecule has 2 atom stereocenters. The van der Waals surface area contributed by atoms with Crippen LogP contribution in [-0.2, 0) is 4.79 Å². The van der Waals surface area contributed by atoms with Crippen LogP contribution < -0.4 is 5.73 Å². The Hall–Kier alpha value is -0.830. The smallest absolute Gasteiger partial charge is 0.221 e. The molecule has 1 aliphatic rings. The maximum Gasteiger partial charge on any atom is 0.221 e. The SMILES string of the molecule is NC(=O)C1C[C@@H]1c1cccs1. The van der Waals surface area contributed by atoms with Gasteiger partial charge in [-0.1, -0.05) is 6.07 Å². The van der Waals surface area contributed by atoms with Crippen LogP contribution in [0.2, 0.25) is 0 Å². The molecule has 1 unspecified atom stereocenters. The predicted molar refractivity (Wildman–Crippen MR) is 44.4 cm³/mol. The van der Waals surface area contributed by atoms with Gasteiger partial charge in [-0.3, -0.25) is 4.79 Å². The summed E-state index contributed by atoms with van der Waals surface area (Å²) in [5, 5.41) is 2.03. The summed E-state index contributed by atoms with van der Waals surface area (Å²) >= 11 is 1.71. The highest BCUT2D eigenvalue weighted by molar-refractivity contribution is 7.10. The van der Waals surface area contributed by atoms with Crippen LogP contribution >= 0.6 is 11.3 Å². The van der Waals surface area contributed by atoms with Crippen molar-refractivity contribution in [3.05, 3.63) is 22.4 Å². The summed E-state index contributed by atoms with van der Waals surface area (Å²) in [5.74, 6) is 0.407. The summed E-state index contributed by atoms with van der Waals surface area (Å²) in [6.45, 7) is 0. The van der Waals surface area contributed by atoms with E-state index in [2.05, 4.69) is 6.07 Å². The quantitative estimate of drug-likeness (QED) is 0.709. The van der Waals surface area contributed by atoms with Gasteiger partial charge in [-0.25, -0.2) is 0 Å². The van der Waals surface area contributed by atoms with Gasteiger partial charge in [0, 0.05) is 16.7 Å². The third kappa shape index (κ3) is 1.16. The number of carbonyl (C=O) groups excluding carboxylic acids is 1. The first-order chi connectivity index (χ1) is 5.29. The Morgan fingerprint density at radius 3 is 3.00 bits per heavy atom. The van der Waals surface area contributed by atoms with E-state index in [0.717, 1.165) is 6.42 Å². The van der Waals surface area contributed by atoms with Crippen LogP contribution in [0.25, 0.3) is 0 Å². The lowest BCUT2D eigenvalue weighted by Crippen LogP contribution is -2.13. The van der Waals surface area contributed by atoms with E-state index in [1.165, 1.54) is 4.88 Å². The molecule has 1 aromatic rings. The van der Waals surface area contributed by atoms with Gasteiger partial charge in [0.15, 0.2) is 0 Å². The normalized spacial score (nSPS) is 28.4. The van der Waals surface area contributed by atoms with Crippen LogP contribution in [0.4, 0.5) is 0 Å². The van der Waals surface area contributed by atoms with E-state index in [9.17, 15) is 4.79 Å². The van der Waals surface area contributed by atoms with Gasteiger partial charge >= 0.3 is 0 Å². The van der Waals surface area contributed by atoms with Crippen molar-refractivity contribution in [2.24, 2.45) is 11.7 Å². The van der Waals surface area contributed by atoms with E-state index in [1.807, 2.05) is 11.4 Å². The molecule has 1 heterocycles. The number of thiophene rings is 1. The average Bonchev–Trinajstić information content (AvgIpc) is 2.60. The van der Waals surface area contributed by atoms with Gasteiger partial charge in [0.2, 0.25) is 5.91 Å². The van der Waals surface area contributed by atoms with Crippen molar-refractivity contribution in [2.75, 3.05) is 0 Å². The Balaban J connectivity index is 2.08. The summed E-state index contributed by atoms with van der Waals surface area (Å²) in [7, 11) is 0. The fraction of sp³-hybridized carbons (Fsp3) is 0.375. The molecule has 2 N–H and O–H groups in total. The molecule has 1 amide bonds. The Bertz CT molecular complexity index is 268. The molecule has 3 heteroatoms. The summed E-state index contributed by atoms with van der Waals surface area (Å²) in [5.41, 5.74) is 5.16. The lowest BCUT2D eigenvalue weighted by Gasteiger charge is -1.89. The molecule has 2 nitrogen and oxygen atoms in total. The summed E-state index contributed by atoms with van der Waals surface area (Å²) in [4.78, 5) is 12.0. The zero-order chi connectivity index (χ0) is 7.84. The average molecular weight is 167 g/mol. The molecule has 0 bridgehead atoms. The van der Waals surface area contributed by atoms with E-state index in [-0.39, 0.29) is 11.8 Å². The van der Waals surface area contributed by atoms with E-state index in [4.69, 9.17) is 5.73 Å². The molecule has 0 aliphatic heterocycles. The van der Waals surface area contributed by atoms with Gasteiger partial charge in [-0.15, -0.1) is 11.3 Å². The van der Waals surface area contributed by atoms with Crippen LogP contribution in [0.1, 0.15) is 17.2 Å². The molecule has 0 saturated heterocycles. The molecule has 11 heavy (non-hydrogen) atoms. The third-order valence-corrected chi connectivity index (χ3v) is 3.07. The highest BCUT2D eigenvalue weighted by Gasteiger charge is 2.43. The number of primary amides is 1. The van der Waals surface area contributed by atoms with Crippen LogP contribution in [0.3, 0.4) is 0 Å². The zero-order valence-electron chi connectivity index (χ0n) is 5.99. The molecule has 1 fully saturated rings. The lowest BCUT2D eigenvalue weighted by atomic mass is 10.2. The standard InChI is InChI=1S/C8H9NOS/c9-8(10)6-4-5(6)7-2-1-3-11-7/h1-3,5-6H,4H2,(H2,9,10)/t5-,6?/m0/s1. The largest absolute Gasteiger partial charge is 0.369 e. The summed E-state index contributed by atoms with van der Waals surface area (Å²) in [6.07, 6.45) is 0.954. The number of hydrogen-bond donors (Lipinski definition) is 1. The second-order valence-electron chi connectivity index (χ2n) is 2.87. The van der Waals surface area contributed by atoms with Crippen molar-refractivity contribution in [1.29, 1.82) is 0 Å². The Morgan fingerprint density at radius 2 is 2.55 bits per heavy atom. The van der Waals surface area contributed by atoms with Gasteiger partial charge < -0.3 is 5.73 Å². The number of nitrogens with two attached hydrogens (primary N) is 1. The van der Waals surface area contributed by atoms with Gasteiger partial charge in [0.1, 0.15) is 0 Å². The van der Waals surface area contributed by atoms with E-state index >= 15 is 0 Å². The van der Waals surface area contributed by atoms with Gasteiger partial charge in [0.05, 0.1) is 0 Å². The monoisotopic (exact) mass is 167 g/mol. The first-order valence-corrected chi connectivity index (χ1v) is 4.49. The Kier molecular flexibility index (Phi) is 1.46. The Morgan fingerprint density at radius 1 is 1.73 bits per heavy atom. The maximum absolute atomic E-state index is 10.7. The number of amides is 1.